The zero-order chi connectivity index (χ0) is 29.2. The molecule has 194 valence electrons. The Bertz CT molecular complexity index is 1130. The van der Waals surface area contributed by atoms with E-state index >= 15 is 0 Å². The van der Waals surface area contributed by atoms with E-state index in [2.05, 4.69) is 6.92 Å². The van der Waals surface area contributed by atoms with Gasteiger partial charge in [-0.3, -0.25) is 9.69 Å². The van der Waals surface area contributed by atoms with E-state index in [-0.39, 0.29) is 34.9 Å². The van der Waals surface area contributed by atoms with Crippen molar-refractivity contribution in [2.45, 2.75) is 72.9 Å². The Morgan fingerprint density at radius 2 is 1.77 bits per heavy atom. The van der Waals surface area contributed by atoms with Crippen LogP contribution in [0.25, 0.3) is 0 Å². The van der Waals surface area contributed by atoms with Gasteiger partial charge in [0.1, 0.15) is 11.5 Å². The zero-order valence-electron chi connectivity index (χ0n) is 25.9. The molecular formula is C29H44N2O4. The first-order valence-corrected chi connectivity index (χ1v) is 12.2. The summed E-state index contributed by atoms with van der Waals surface area (Å²) in [5, 5.41) is 10.5. The zero-order valence-corrected chi connectivity index (χ0v) is 22.9. The number of likely N-dealkylation sites (N-methyl/N-ethyl adjacent to an activating group) is 1. The van der Waals surface area contributed by atoms with Crippen molar-refractivity contribution >= 4 is 11.6 Å². The number of phenolic OH excluding ortho intramolecular Hbond substituents is 1. The van der Waals surface area contributed by atoms with Gasteiger partial charge in [0.15, 0.2) is 0 Å². The highest BCUT2D eigenvalue weighted by Crippen LogP contribution is 2.37. The maximum Gasteiger partial charge on any atom is 0.223 e. The lowest BCUT2D eigenvalue weighted by Gasteiger charge is -2.36. The molecule has 1 N–H and O–H groups in total. The largest absolute Gasteiger partial charge is 0.506 e. The van der Waals surface area contributed by atoms with Crippen molar-refractivity contribution in [1.29, 1.82) is 0 Å². The fourth-order valence-electron chi connectivity index (χ4n) is 5.03. The van der Waals surface area contributed by atoms with Gasteiger partial charge < -0.3 is 19.5 Å². The van der Waals surface area contributed by atoms with E-state index in [1.165, 1.54) is 38.1 Å². The van der Waals surface area contributed by atoms with Crippen LogP contribution in [0, 0.1) is 20.8 Å². The van der Waals surface area contributed by atoms with Gasteiger partial charge in [0.05, 0.1) is 19.7 Å². The first-order valence-electron chi connectivity index (χ1n) is 13.7. The maximum atomic E-state index is 12.1. The van der Waals surface area contributed by atoms with E-state index in [1.807, 2.05) is 39.8 Å². The molecule has 0 radical (unpaired) electrons. The number of rotatable bonds is 11. The van der Waals surface area contributed by atoms with Gasteiger partial charge in [-0.15, -0.1) is 0 Å². The number of anilines is 1. The SMILES string of the molecule is [2H]C([2H])(N(C)[C@H](CC)C(C)c1c(C)cc(OCC)cc1C)[C@]([2H])(OC)c1ccc(O)c(N(C)C(C)=O)c1C. The molecule has 0 spiro atoms. The van der Waals surface area contributed by atoms with E-state index < -0.39 is 12.6 Å². The number of aromatic hydroxyl groups is 1. The summed E-state index contributed by atoms with van der Waals surface area (Å²) < 4.78 is 39.2. The van der Waals surface area contributed by atoms with Crippen LogP contribution in [0.1, 0.15) is 78.0 Å². The molecule has 2 aromatic rings. The number of hydrogen-bond donors (Lipinski definition) is 1. The Morgan fingerprint density at radius 3 is 2.26 bits per heavy atom. The van der Waals surface area contributed by atoms with Crippen molar-refractivity contribution in [2.75, 3.05) is 39.2 Å². The Morgan fingerprint density at radius 1 is 1.17 bits per heavy atom. The summed E-state index contributed by atoms with van der Waals surface area (Å²) in [7, 11) is 4.53. The van der Waals surface area contributed by atoms with Gasteiger partial charge >= 0.3 is 0 Å². The van der Waals surface area contributed by atoms with Gasteiger partial charge in [-0.2, -0.15) is 0 Å². The fraction of sp³-hybridized carbons (Fsp3) is 0.552. The molecule has 6 heteroatoms. The van der Waals surface area contributed by atoms with E-state index in [4.69, 9.17) is 9.47 Å². The van der Waals surface area contributed by atoms with Gasteiger partial charge in [0.25, 0.3) is 0 Å². The molecule has 0 saturated carbocycles. The van der Waals surface area contributed by atoms with Crippen LogP contribution in [-0.4, -0.2) is 56.3 Å². The minimum Gasteiger partial charge on any atom is -0.506 e. The summed E-state index contributed by atoms with van der Waals surface area (Å²) in [5.41, 5.74) is 4.13. The topological polar surface area (TPSA) is 62.2 Å². The van der Waals surface area contributed by atoms with Crippen molar-refractivity contribution in [3.05, 3.63) is 52.1 Å². The van der Waals surface area contributed by atoms with Crippen LogP contribution in [0.5, 0.6) is 11.5 Å². The molecule has 1 amide bonds. The van der Waals surface area contributed by atoms with Crippen LogP contribution in [0.4, 0.5) is 5.69 Å². The van der Waals surface area contributed by atoms with Crippen LogP contribution in [0.15, 0.2) is 24.3 Å². The molecule has 3 atom stereocenters. The first-order chi connectivity index (χ1) is 17.6. The predicted molar refractivity (Wildman–Crippen MR) is 144 cm³/mol. The predicted octanol–water partition coefficient (Wildman–Crippen LogP) is 5.90. The van der Waals surface area contributed by atoms with Gasteiger partial charge in [-0.25, -0.2) is 0 Å². The number of nitrogens with zero attached hydrogens (tertiary/aromatic N) is 2. The van der Waals surface area contributed by atoms with Gasteiger partial charge in [-0.05, 0) is 93.1 Å². The molecule has 1 unspecified atom stereocenters. The molecule has 0 aliphatic carbocycles. The van der Waals surface area contributed by atoms with Crippen LogP contribution in [0.2, 0.25) is 0 Å². The molecule has 0 heterocycles. The smallest absolute Gasteiger partial charge is 0.223 e. The maximum absolute atomic E-state index is 12.1. The fourth-order valence-corrected chi connectivity index (χ4v) is 5.03. The highest BCUT2D eigenvalue weighted by atomic mass is 16.5. The number of carbonyl (C=O) groups excluding carboxylic acids is 1. The Balaban J connectivity index is 2.61. The number of hydrogen-bond acceptors (Lipinski definition) is 5. The lowest BCUT2D eigenvalue weighted by atomic mass is 9.84. The lowest BCUT2D eigenvalue weighted by molar-refractivity contribution is -0.116. The summed E-state index contributed by atoms with van der Waals surface area (Å²) in [6.07, 6.45) is -1.53. The van der Waals surface area contributed by atoms with Crippen molar-refractivity contribution in [3.8, 4) is 11.5 Å². The molecular weight excluding hydrogens is 440 g/mol. The van der Waals surface area contributed by atoms with Crippen molar-refractivity contribution in [2.24, 2.45) is 0 Å². The number of aryl methyl sites for hydroxylation is 2. The number of benzene rings is 2. The molecule has 6 nitrogen and oxygen atoms in total. The van der Waals surface area contributed by atoms with E-state index in [1.54, 1.807) is 18.9 Å². The highest BCUT2D eigenvalue weighted by Gasteiger charge is 2.28. The van der Waals surface area contributed by atoms with Crippen LogP contribution >= 0.6 is 0 Å². The lowest BCUT2D eigenvalue weighted by Crippen LogP contribution is -2.39. The van der Waals surface area contributed by atoms with E-state index in [0.29, 0.717) is 18.6 Å². The summed E-state index contributed by atoms with van der Waals surface area (Å²) >= 11 is 0. The molecule has 0 fully saturated rings. The van der Waals surface area contributed by atoms with Crippen molar-refractivity contribution in [3.63, 3.8) is 0 Å². The third-order valence-electron chi connectivity index (χ3n) is 6.77. The average molecular weight is 488 g/mol. The average Bonchev–Trinajstić information content (AvgIpc) is 2.83. The second-order valence-electron chi connectivity index (χ2n) is 9.11. The van der Waals surface area contributed by atoms with Crippen LogP contribution in [0.3, 0.4) is 0 Å². The minimum atomic E-state index is -2.29. The monoisotopic (exact) mass is 487 g/mol. The molecule has 0 aliphatic rings. The Hall–Kier alpha value is -2.57. The molecule has 2 rings (SSSR count). The molecule has 2 aromatic carbocycles. The van der Waals surface area contributed by atoms with Gasteiger partial charge in [-0.1, -0.05) is 19.9 Å². The molecule has 0 aromatic heterocycles. The summed E-state index contributed by atoms with van der Waals surface area (Å²) in [6.45, 7) is 11.5. The Labute approximate surface area is 216 Å². The van der Waals surface area contributed by atoms with Crippen molar-refractivity contribution in [1.82, 2.24) is 4.90 Å². The quantitative estimate of drug-likeness (QED) is 0.427. The Kier molecular flexibility index (Phi) is 8.56. The van der Waals surface area contributed by atoms with Crippen LogP contribution in [-0.2, 0) is 9.53 Å². The number of ether oxygens (including phenoxy) is 2. The number of methoxy groups -OCH3 is 1. The number of phenols is 1. The first kappa shape index (κ1) is 24.1. The minimum absolute atomic E-state index is 0.0582. The molecule has 0 aliphatic heterocycles. The number of carbonyl (C=O) groups is 1. The highest BCUT2D eigenvalue weighted by molar-refractivity contribution is 5.93. The second-order valence-corrected chi connectivity index (χ2v) is 9.11. The number of amides is 1. The third-order valence-corrected chi connectivity index (χ3v) is 6.77. The molecule has 0 bridgehead atoms. The molecule has 0 saturated heterocycles. The normalized spacial score (nSPS) is 16.6. The standard InChI is InChI=1S/C29H44N2O4/c1-11-25(21(6)28-18(3)15-23(35-12-2)16-19(28)4)30(8)17-27(34-10)24-13-14-26(33)29(20(24)5)31(9)22(7)32/h13-16,21,25,27,33H,11-12,17H2,1-10H3/t21?,25-,27+/m1/s1/i17D2,27D. The van der Waals surface area contributed by atoms with E-state index in [0.717, 1.165) is 22.4 Å². The van der Waals surface area contributed by atoms with Gasteiger partial charge in [0, 0.05) is 36.4 Å². The third kappa shape index (κ3) is 6.36. The second kappa shape index (κ2) is 12.4. The summed E-state index contributed by atoms with van der Waals surface area (Å²) in [4.78, 5) is 15.0. The van der Waals surface area contributed by atoms with Crippen molar-refractivity contribution < 1.29 is 23.5 Å². The van der Waals surface area contributed by atoms with Crippen LogP contribution < -0.4 is 9.64 Å². The summed E-state index contributed by atoms with van der Waals surface area (Å²) in [5.74, 6) is 0.332. The van der Waals surface area contributed by atoms with Gasteiger partial charge in [0.2, 0.25) is 5.91 Å². The molecule has 35 heavy (non-hydrogen) atoms. The van der Waals surface area contributed by atoms with E-state index in [9.17, 15) is 14.0 Å². The summed E-state index contributed by atoms with van der Waals surface area (Å²) in [6, 6.07) is 6.63.